The van der Waals surface area contributed by atoms with E-state index in [0.717, 1.165) is 15.8 Å². The van der Waals surface area contributed by atoms with Crippen LogP contribution in [-0.4, -0.2) is 35.8 Å². The standard InChI is InChI=1S/C21H18BrClN2O4/c22-12-3-5-14-15(10-12)21(28)25(20(14)27)8-1-2-19(26)24-17-7-9-29-18-6-4-13(23)11-16(17)18/h3-6,10-11,17H,1-2,7-9H2,(H,24,26). The molecule has 4 rings (SSSR count). The van der Waals surface area contributed by atoms with Crippen LogP contribution in [0, 0.1) is 0 Å². The zero-order chi connectivity index (χ0) is 20.5. The molecule has 2 aliphatic heterocycles. The lowest BCUT2D eigenvalue weighted by atomic mass is 10.0. The third kappa shape index (κ3) is 4.02. The van der Waals surface area contributed by atoms with Gasteiger partial charge in [0.25, 0.3) is 11.8 Å². The van der Waals surface area contributed by atoms with E-state index in [9.17, 15) is 14.4 Å². The SMILES string of the molecule is O=C(CCCN1C(=O)c2ccc(Br)cc2C1=O)NC1CCOc2ccc(Cl)cc21. The Morgan fingerprint density at radius 3 is 2.79 bits per heavy atom. The zero-order valence-corrected chi connectivity index (χ0v) is 17.8. The molecule has 1 N–H and O–H groups in total. The molecule has 0 saturated carbocycles. The molecule has 0 radical (unpaired) electrons. The van der Waals surface area contributed by atoms with Crippen molar-refractivity contribution in [1.82, 2.24) is 10.2 Å². The molecule has 2 heterocycles. The summed E-state index contributed by atoms with van der Waals surface area (Å²) in [7, 11) is 0. The molecular weight excluding hydrogens is 460 g/mol. The van der Waals surface area contributed by atoms with E-state index in [1.54, 1.807) is 36.4 Å². The first kappa shape index (κ1) is 19.9. The molecule has 0 bridgehead atoms. The van der Waals surface area contributed by atoms with E-state index in [-0.39, 0.29) is 36.7 Å². The van der Waals surface area contributed by atoms with Gasteiger partial charge in [-0.3, -0.25) is 19.3 Å². The lowest BCUT2D eigenvalue weighted by Gasteiger charge is -2.27. The maximum Gasteiger partial charge on any atom is 0.261 e. The summed E-state index contributed by atoms with van der Waals surface area (Å²) < 4.78 is 6.35. The topological polar surface area (TPSA) is 75.7 Å². The molecule has 3 amide bonds. The summed E-state index contributed by atoms with van der Waals surface area (Å²) in [5.74, 6) is -0.0454. The summed E-state index contributed by atoms with van der Waals surface area (Å²) in [5.41, 5.74) is 1.66. The van der Waals surface area contributed by atoms with Crippen molar-refractivity contribution < 1.29 is 19.1 Å². The second kappa shape index (κ2) is 8.16. The number of amides is 3. The number of rotatable bonds is 5. The molecule has 0 fully saturated rings. The highest BCUT2D eigenvalue weighted by Crippen LogP contribution is 2.34. The van der Waals surface area contributed by atoms with Crippen molar-refractivity contribution in [2.75, 3.05) is 13.2 Å². The molecule has 0 saturated heterocycles. The second-order valence-electron chi connectivity index (χ2n) is 6.99. The Hall–Kier alpha value is -2.38. The number of benzene rings is 2. The first-order chi connectivity index (χ1) is 13.9. The molecule has 1 atom stereocenters. The number of ether oxygens (including phenoxy) is 1. The molecule has 0 spiro atoms. The Kier molecular flexibility index (Phi) is 5.61. The molecule has 1 unspecified atom stereocenters. The number of carbonyl (C=O) groups excluding carboxylic acids is 3. The van der Waals surface area contributed by atoms with Crippen LogP contribution in [0.1, 0.15) is 51.6 Å². The molecule has 2 aromatic carbocycles. The summed E-state index contributed by atoms with van der Waals surface area (Å²) in [5, 5.41) is 3.59. The van der Waals surface area contributed by atoms with E-state index in [2.05, 4.69) is 21.2 Å². The van der Waals surface area contributed by atoms with E-state index < -0.39 is 0 Å². The van der Waals surface area contributed by atoms with Gasteiger partial charge in [0.1, 0.15) is 5.75 Å². The fourth-order valence-electron chi connectivity index (χ4n) is 3.65. The normalized spacial score (nSPS) is 17.6. The Balaban J connectivity index is 1.33. The van der Waals surface area contributed by atoms with E-state index in [0.29, 0.717) is 35.6 Å². The molecule has 8 heteroatoms. The van der Waals surface area contributed by atoms with Crippen LogP contribution in [0.4, 0.5) is 0 Å². The minimum absolute atomic E-state index is 0.137. The van der Waals surface area contributed by atoms with Crippen LogP contribution in [0.15, 0.2) is 40.9 Å². The molecular formula is C21H18BrClN2O4. The van der Waals surface area contributed by atoms with Gasteiger partial charge in [-0.15, -0.1) is 0 Å². The van der Waals surface area contributed by atoms with Crippen molar-refractivity contribution in [1.29, 1.82) is 0 Å². The molecule has 6 nitrogen and oxygen atoms in total. The van der Waals surface area contributed by atoms with Gasteiger partial charge in [-0.25, -0.2) is 0 Å². The average molecular weight is 478 g/mol. The number of carbonyl (C=O) groups is 3. The highest BCUT2D eigenvalue weighted by Gasteiger charge is 2.35. The monoisotopic (exact) mass is 476 g/mol. The Bertz CT molecular complexity index is 1010. The lowest BCUT2D eigenvalue weighted by molar-refractivity contribution is -0.122. The van der Waals surface area contributed by atoms with Crippen LogP contribution in [0.5, 0.6) is 5.75 Å². The zero-order valence-electron chi connectivity index (χ0n) is 15.4. The number of halogens is 2. The van der Waals surface area contributed by atoms with Gasteiger partial charge in [0.05, 0.1) is 23.8 Å². The van der Waals surface area contributed by atoms with Crippen LogP contribution < -0.4 is 10.1 Å². The summed E-state index contributed by atoms with van der Waals surface area (Å²) in [6.07, 6.45) is 1.26. The number of fused-ring (bicyclic) bond motifs is 2. The molecule has 2 aliphatic rings. The van der Waals surface area contributed by atoms with E-state index in [1.807, 2.05) is 0 Å². The Labute approximate surface area is 181 Å². The fraction of sp³-hybridized carbons (Fsp3) is 0.286. The fourth-order valence-corrected chi connectivity index (χ4v) is 4.19. The first-order valence-corrected chi connectivity index (χ1v) is 10.5. The minimum Gasteiger partial charge on any atom is -0.493 e. The predicted octanol–water partition coefficient (Wildman–Crippen LogP) is 4.12. The van der Waals surface area contributed by atoms with Crippen LogP contribution in [-0.2, 0) is 4.79 Å². The predicted molar refractivity (Wildman–Crippen MR) is 111 cm³/mol. The highest BCUT2D eigenvalue weighted by molar-refractivity contribution is 9.10. The van der Waals surface area contributed by atoms with E-state index in [1.165, 1.54) is 4.90 Å². The van der Waals surface area contributed by atoms with E-state index in [4.69, 9.17) is 16.3 Å². The van der Waals surface area contributed by atoms with Gasteiger partial charge in [-0.2, -0.15) is 0 Å². The maximum absolute atomic E-state index is 12.5. The Morgan fingerprint density at radius 2 is 1.97 bits per heavy atom. The number of hydrogen-bond acceptors (Lipinski definition) is 4. The van der Waals surface area contributed by atoms with Crippen molar-refractivity contribution in [3.8, 4) is 5.75 Å². The van der Waals surface area contributed by atoms with Crippen molar-refractivity contribution in [3.63, 3.8) is 0 Å². The summed E-state index contributed by atoms with van der Waals surface area (Å²) >= 11 is 9.38. The van der Waals surface area contributed by atoms with Crippen LogP contribution in [0.3, 0.4) is 0 Å². The molecule has 0 aliphatic carbocycles. The van der Waals surface area contributed by atoms with Crippen LogP contribution in [0.25, 0.3) is 0 Å². The van der Waals surface area contributed by atoms with Crippen LogP contribution in [0.2, 0.25) is 5.02 Å². The maximum atomic E-state index is 12.5. The van der Waals surface area contributed by atoms with Gasteiger partial charge in [0, 0.05) is 34.4 Å². The van der Waals surface area contributed by atoms with Gasteiger partial charge in [0.2, 0.25) is 5.91 Å². The Morgan fingerprint density at radius 1 is 1.17 bits per heavy atom. The number of nitrogens with zero attached hydrogens (tertiary/aromatic N) is 1. The number of nitrogens with one attached hydrogen (secondary N) is 1. The minimum atomic E-state index is -0.320. The summed E-state index contributed by atoms with van der Waals surface area (Å²) in [4.78, 5) is 38.6. The summed E-state index contributed by atoms with van der Waals surface area (Å²) in [6, 6.07) is 10.2. The third-order valence-corrected chi connectivity index (χ3v) is 5.79. The molecule has 150 valence electrons. The first-order valence-electron chi connectivity index (χ1n) is 9.31. The highest BCUT2D eigenvalue weighted by atomic mass is 79.9. The number of hydrogen-bond donors (Lipinski definition) is 1. The van der Waals surface area contributed by atoms with Crippen molar-refractivity contribution in [2.45, 2.75) is 25.3 Å². The van der Waals surface area contributed by atoms with Crippen molar-refractivity contribution in [3.05, 3.63) is 62.6 Å². The van der Waals surface area contributed by atoms with Gasteiger partial charge >= 0.3 is 0 Å². The van der Waals surface area contributed by atoms with Gasteiger partial charge < -0.3 is 10.1 Å². The molecule has 0 aromatic heterocycles. The van der Waals surface area contributed by atoms with Crippen molar-refractivity contribution >= 4 is 45.3 Å². The van der Waals surface area contributed by atoms with E-state index >= 15 is 0 Å². The quantitative estimate of drug-likeness (QED) is 0.657. The van der Waals surface area contributed by atoms with Gasteiger partial charge in [-0.1, -0.05) is 27.5 Å². The van der Waals surface area contributed by atoms with Gasteiger partial charge in [0.15, 0.2) is 0 Å². The number of imide groups is 1. The molecule has 29 heavy (non-hydrogen) atoms. The smallest absolute Gasteiger partial charge is 0.261 e. The van der Waals surface area contributed by atoms with Gasteiger partial charge in [-0.05, 0) is 42.8 Å². The van der Waals surface area contributed by atoms with Crippen molar-refractivity contribution in [2.24, 2.45) is 0 Å². The largest absolute Gasteiger partial charge is 0.493 e. The third-order valence-electron chi connectivity index (χ3n) is 5.06. The second-order valence-corrected chi connectivity index (χ2v) is 8.35. The molecule has 2 aromatic rings. The summed E-state index contributed by atoms with van der Waals surface area (Å²) in [6.45, 7) is 0.720. The lowest BCUT2D eigenvalue weighted by Crippen LogP contribution is -2.34. The average Bonchev–Trinajstić information content (AvgIpc) is 2.92. The van der Waals surface area contributed by atoms with Crippen LogP contribution >= 0.6 is 27.5 Å².